The number of nitrogens with zero attached hydrogens (tertiary/aromatic N) is 1. The van der Waals surface area contributed by atoms with Crippen molar-refractivity contribution in [2.24, 2.45) is 5.84 Å². The predicted molar refractivity (Wildman–Crippen MR) is 104 cm³/mol. The van der Waals surface area contributed by atoms with Gasteiger partial charge in [-0.2, -0.15) is 0 Å². The number of thiophene rings is 1. The van der Waals surface area contributed by atoms with Crippen molar-refractivity contribution < 1.29 is 9.59 Å². The Bertz CT molecular complexity index is 689. The van der Waals surface area contributed by atoms with E-state index >= 15 is 0 Å². The lowest BCUT2D eigenvalue weighted by Gasteiger charge is -2.02. The third-order valence-electron chi connectivity index (χ3n) is 3.23. The van der Waals surface area contributed by atoms with Crippen LogP contribution in [0.25, 0.3) is 0 Å². The molecule has 0 aliphatic rings. The van der Waals surface area contributed by atoms with Gasteiger partial charge in [-0.15, -0.1) is 35.1 Å². The van der Waals surface area contributed by atoms with Crippen LogP contribution in [-0.4, -0.2) is 23.5 Å². The summed E-state index contributed by atoms with van der Waals surface area (Å²) < 4.78 is 0. The smallest absolute Gasteiger partial charge is 0.328 e. The van der Waals surface area contributed by atoms with E-state index in [-0.39, 0.29) is 24.3 Å². The number of nitrogens with two attached hydrogens (primary N) is 1. The number of rotatable bonds is 8. The van der Waals surface area contributed by atoms with Crippen molar-refractivity contribution in [3.8, 4) is 0 Å². The molecule has 0 aliphatic heterocycles. The standard InChI is InChI=1S/C15H21N5O2S2.ClH/c1-10(21)18-15-19-12(9-24-15)4-5-13-7-11(8-23-13)3-2-6-17-14(22)20-16;/h7-9H,2-6,16H2,1H3,(H2,17,20,22)(H,18,19,21);1H. The summed E-state index contributed by atoms with van der Waals surface area (Å²) >= 11 is 3.19. The molecule has 0 saturated heterocycles. The highest BCUT2D eigenvalue weighted by molar-refractivity contribution is 7.14. The van der Waals surface area contributed by atoms with Gasteiger partial charge in [-0.3, -0.25) is 10.2 Å². The maximum atomic E-state index is 11.0. The molecule has 10 heteroatoms. The lowest BCUT2D eigenvalue weighted by atomic mass is 10.1. The number of halogens is 1. The molecule has 0 radical (unpaired) electrons. The number of carbonyl (C=O) groups is 2. The number of aryl methyl sites for hydroxylation is 3. The second-order valence-electron chi connectivity index (χ2n) is 5.25. The Morgan fingerprint density at radius 3 is 2.72 bits per heavy atom. The molecule has 0 aromatic carbocycles. The Hall–Kier alpha value is -1.68. The normalized spacial score (nSPS) is 10.0. The van der Waals surface area contributed by atoms with Crippen molar-refractivity contribution in [1.29, 1.82) is 0 Å². The van der Waals surface area contributed by atoms with Gasteiger partial charge in [0.25, 0.3) is 0 Å². The van der Waals surface area contributed by atoms with Gasteiger partial charge in [0.15, 0.2) is 5.13 Å². The molecule has 5 N–H and O–H groups in total. The summed E-state index contributed by atoms with van der Waals surface area (Å²) in [6.07, 6.45) is 3.58. The fourth-order valence-corrected chi connectivity index (χ4v) is 3.83. The number of thiazole rings is 1. The predicted octanol–water partition coefficient (Wildman–Crippen LogP) is 2.48. The van der Waals surface area contributed by atoms with Gasteiger partial charge in [0.05, 0.1) is 5.69 Å². The summed E-state index contributed by atoms with van der Waals surface area (Å²) in [5.74, 6) is 4.89. The largest absolute Gasteiger partial charge is 0.337 e. The molecule has 7 nitrogen and oxygen atoms in total. The molecule has 0 spiro atoms. The molecule has 0 aliphatic carbocycles. The van der Waals surface area contributed by atoms with Crippen molar-refractivity contribution in [2.75, 3.05) is 11.9 Å². The fraction of sp³-hybridized carbons (Fsp3) is 0.400. The van der Waals surface area contributed by atoms with Crippen molar-refractivity contribution in [1.82, 2.24) is 15.7 Å². The summed E-state index contributed by atoms with van der Waals surface area (Å²) in [7, 11) is 0. The zero-order chi connectivity index (χ0) is 17.4. The third kappa shape index (κ3) is 7.82. The summed E-state index contributed by atoms with van der Waals surface area (Å²) in [6, 6.07) is 1.84. The van der Waals surface area contributed by atoms with E-state index < -0.39 is 0 Å². The van der Waals surface area contributed by atoms with E-state index in [0.29, 0.717) is 11.7 Å². The highest BCUT2D eigenvalue weighted by Gasteiger charge is 2.06. The SMILES string of the molecule is CC(=O)Nc1nc(CCc2cc(CCCNC(=O)NN)cs2)cs1.Cl. The zero-order valence-electron chi connectivity index (χ0n) is 13.8. The second-order valence-corrected chi connectivity index (χ2v) is 7.10. The molecule has 0 bridgehead atoms. The maximum absolute atomic E-state index is 11.0. The highest BCUT2D eigenvalue weighted by Crippen LogP contribution is 2.20. The van der Waals surface area contributed by atoms with Crippen LogP contribution < -0.4 is 21.9 Å². The molecular weight excluding hydrogens is 382 g/mol. The van der Waals surface area contributed by atoms with Gasteiger partial charge in [0, 0.05) is 23.7 Å². The minimum absolute atomic E-state index is 0. The quantitative estimate of drug-likeness (QED) is 0.235. The Morgan fingerprint density at radius 2 is 2.00 bits per heavy atom. The van der Waals surface area contributed by atoms with E-state index in [1.165, 1.54) is 28.7 Å². The van der Waals surface area contributed by atoms with Gasteiger partial charge in [0.1, 0.15) is 0 Å². The summed E-state index contributed by atoms with van der Waals surface area (Å²) in [5, 5.41) is 10.1. The molecule has 2 aromatic heterocycles. The average molecular weight is 404 g/mol. The zero-order valence-corrected chi connectivity index (χ0v) is 16.3. The molecule has 2 heterocycles. The number of carbonyl (C=O) groups excluding carboxylic acids is 2. The number of nitrogens with one attached hydrogen (secondary N) is 3. The molecular formula is C15H22ClN5O2S2. The van der Waals surface area contributed by atoms with Crippen LogP contribution in [0.3, 0.4) is 0 Å². The van der Waals surface area contributed by atoms with E-state index in [1.54, 1.807) is 11.3 Å². The second kappa shape index (κ2) is 11.0. The van der Waals surface area contributed by atoms with Crippen molar-refractivity contribution in [3.63, 3.8) is 0 Å². The van der Waals surface area contributed by atoms with Gasteiger partial charge in [-0.25, -0.2) is 15.6 Å². The van der Waals surface area contributed by atoms with Crippen LogP contribution >= 0.6 is 35.1 Å². The number of anilines is 1. The summed E-state index contributed by atoms with van der Waals surface area (Å²) in [5.41, 5.74) is 4.31. The molecule has 0 atom stereocenters. The maximum Gasteiger partial charge on any atom is 0.328 e. The van der Waals surface area contributed by atoms with Crippen LogP contribution in [0.1, 0.15) is 29.5 Å². The van der Waals surface area contributed by atoms with Gasteiger partial charge in [-0.05, 0) is 42.7 Å². The van der Waals surface area contributed by atoms with E-state index in [4.69, 9.17) is 5.84 Å². The van der Waals surface area contributed by atoms with Crippen LogP contribution in [0.4, 0.5) is 9.93 Å². The Morgan fingerprint density at radius 1 is 1.20 bits per heavy atom. The van der Waals surface area contributed by atoms with Crippen LogP contribution in [-0.2, 0) is 24.1 Å². The molecule has 2 aromatic rings. The number of aromatic nitrogens is 1. The molecule has 138 valence electrons. The first-order chi connectivity index (χ1) is 11.6. The summed E-state index contributed by atoms with van der Waals surface area (Å²) in [6.45, 7) is 2.07. The molecule has 2 rings (SSSR count). The Kier molecular flexibility index (Phi) is 9.43. The third-order valence-corrected chi connectivity index (χ3v) is 5.08. The van der Waals surface area contributed by atoms with E-state index in [0.717, 1.165) is 31.4 Å². The van der Waals surface area contributed by atoms with Crippen LogP contribution in [0.5, 0.6) is 0 Å². The summed E-state index contributed by atoms with van der Waals surface area (Å²) in [4.78, 5) is 27.6. The number of hydrogen-bond donors (Lipinski definition) is 4. The molecule has 0 saturated carbocycles. The van der Waals surface area contributed by atoms with Crippen LogP contribution in [0.2, 0.25) is 0 Å². The first-order valence-corrected chi connectivity index (χ1v) is 9.35. The van der Waals surface area contributed by atoms with Crippen molar-refractivity contribution >= 4 is 52.2 Å². The Labute approximate surface area is 160 Å². The monoisotopic (exact) mass is 403 g/mol. The van der Waals surface area contributed by atoms with Gasteiger partial charge < -0.3 is 10.6 Å². The van der Waals surface area contributed by atoms with Gasteiger partial charge in [0.2, 0.25) is 5.91 Å². The number of urea groups is 1. The number of hydrogen-bond acceptors (Lipinski definition) is 6. The highest BCUT2D eigenvalue weighted by atomic mass is 35.5. The molecule has 0 fully saturated rings. The first kappa shape index (κ1) is 21.4. The van der Waals surface area contributed by atoms with E-state index in [2.05, 4.69) is 27.1 Å². The minimum Gasteiger partial charge on any atom is -0.337 e. The van der Waals surface area contributed by atoms with Gasteiger partial charge >= 0.3 is 6.03 Å². The first-order valence-electron chi connectivity index (χ1n) is 7.59. The molecule has 25 heavy (non-hydrogen) atoms. The number of amides is 3. The van der Waals surface area contributed by atoms with Crippen molar-refractivity contribution in [3.05, 3.63) is 33.0 Å². The average Bonchev–Trinajstić information content (AvgIpc) is 3.18. The topological polar surface area (TPSA) is 109 Å². The Balaban J connectivity index is 0.00000312. The van der Waals surface area contributed by atoms with Crippen LogP contribution in [0.15, 0.2) is 16.8 Å². The number of hydrazine groups is 1. The lowest BCUT2D eigenvalue weighted by molar-refractivity contribution is -0.114. The van der Waals surface area contributed by atoms with Crippen molar-refractivity contribution in [2.45, 2.75) is 32.6 Å². The van der Waals surface area contributed by atoms with E-state index in [1.807, 2.05) is 10.8 Å². The minimum atomic E-state index is -0.358. The molecule has 0 unspecified atom stereocenters. The van der Waals surface area contributed by atoms with Crippen LogP contribution in [0, 0.1) is 0 Å². The fourth-order valence-electron chi connectivity index (χ4n) is 2.11. The van der Waals surface area contributed by atoms with E-state index in [9.17, 15) is 9.59 Å². The van der Waals surface area contributed by atoms with Gasteiger partial charge in [-0.1, -0.05) is 0 Å². The molecule has 3 amide bonds. The lowest BCUT2D eigenvalue weighted by Crippen LogP contribution is -2.40.